The number of carbonyl (C=O) groups is 3. The van der Waals surface area contributed by atoms with E-state index in [2.05, 4.69) is 10.3 Å². The van der Waals surface area contributed by atoms with Gasteiger partial charge in [0.15, 0.2) is 11.4 Å². The number of ether oxygens (including phenoxy) is 1. The lowest BCUT2D eigenvalue weighted by atomic mass is 9.93. The maximum absolute atomic E-state index is 13.8. The fourth-order valence-electron chi connectivity index (χ4n) is 3.60. The van der Waals surface area contributed by atoms with E-state index in [-0.39, 0.29) is 22.8 Å². The van der Waals surface area contributed by atoms with Crippen molar-refractivity contribution in [2.45, 2.75) is 18.8 Å². The predicted molar refractivity (Wildman–Crippen MR) is 108 cm³/mol. The van der Waals surface area contributed by atoms with Crippen LogP contribution in [0.4, 0.5) is 27.5 Å². The minimum absolute atomic E-state index is 0.121. The van der Waals surface area contributed by atoms with Crippen molar-refractivity contribution in [3.63, 3.8) is 0 Å². The first kappa shape index (κ1) is 22.7. The van der Waals surface area contributed by atoms with E-state index < -0.39 is 47.5 Å². The zero-order valence-corrected chi connectivity index (χ0v) is 18.0. The van der Waals surface area contributed by atoms with Gasteiger partial charge in [-0.3, -0.25) is 19.4 Å². The van der Waals surface area contributed by atoms with Crippen LogP contribution in [0, 0.1) is 11.7 Å². The Morgan fingerprint density at radius 2 is 2.00 bits per heavy atom. The van der Waals surface area contributed by atoms with Crippen molar-refractivity contribution in [3.05, 3.63) is 46.8 Å². The summed E-state index contributed by atoms with van der Waals surface area (Å²) in [4.78, 5) is 43.4. The standard InChI is InChI=1S/C20H16F4N4O4S/c1-27-16(30)15-10(7-32-17(15)28(2)19(27)31)6-14(29)26-18-25-13(8-33-18)9-3-4-11(12(21)5-9)20(22,23)24/h3-5,7-8,15,17H,6H2,1-2H3,(H,25,26,29). The van der Waals surface area contributed by atoms with Gasteiger partial charge in [-0.15, -0.1) is 11.3 Å². The number of thiazole rings is 1. The number of rotatable bonds is 4. The number of hydrogen-bond acceptors (Lipinski definition) is 6. The number of carbonyl (C=O) groups excluding carboxylic acids is 3. The SMILES string of the molecule is CN1C(=O)C2C(CC(=O)Nc3nc(-c4ccc(C(F)(F)F)c(F)c4)cs3)=COC2N(C)C1=O. The first-order valence-corrected chi connectivity index (χ1v) is 10.4. The molecule has 4 amide bonds. The molecule has 1 aromatic heterocycles. The number of fused-ring (bicyclic) bond motifs is 1. The fourth-order valence-corrected chi connectivity index (χ4v) is 4.34. The minimum atomic E-state index is -4.81. The Balaban J connectivity index is 1.43. The number of aromatic nitrogens is 1. The predicted octanol–water partition coefficient (Wildman–Crippen LogP) is 3.68. The Kier molecular flexibility index (Phi) is 5.60. The number of urea groups is 1. The van der Waals surface area contributed by atoms with Gasteiger partial charge in [-0.05, 0) is 17.7 Å². The van der Waals surface area contributed by atoms with Crippen LogP contribution in [0.3, 0.4) is 0 Å². The highest BCUT2D eigenvalue weighted by Gasteiger charge is 2.49. The number of anilines is 1. The molecule has 8 nitrogen and oxygen atoms in total. The second-order valence-corrected chi connectivity index (χ2v) is 8.30. The molecule has 0 radical (unpaired) electrons. The normalized spacial score (nSPS) is 20.5. The molecular weight excluding hydrogens is 468 g/mol. The van der Waals surface area contributed by atoms with Gasteiger partial charge in [0.25, 0.3) is 0 Å². The Bertz CT molecular complexity index is 1180. The Labute approximate surface area is 188 Å². The van der Waals surface area contributed by atoms with Crippen LogP contribution < -0.4 is 5.32 Å². The molecule has 0 spiro atoms. The summed E-state index contributed by atoms with van der Waals surface area (Å²) in [6.45, 7) is 0. The number of benzene rings is 1. The van der Waals surface area contributed by atoms with E-state index in [1.807, 2.05) is 0 Å². The van der Waals surface area contributed by atoms with Gasteiger partial charge < -0.3 is 10.1 Å². The second kappa shape index (κ2) is 8.14. The van der Waals surface area contributed by atoms with Crippen LogP contribution in [0.25, 0.3) is 11.3 Å². The van der Waals surface area contributed by atoms with Gasteiger partial charge >= 0.3 is 12.2 Å². The fraction of sp³-hybridized carbons (Fsp3) is 0.300. The molecule has 1 aromatic carbocycles. The van der Waals surface area contributed by atoms with Crippen molar-refractivity contribution in [3.8, 4) is 11.3 Å². The van der Waals surface area contributed by atoms with Crippen LogP contribution in [0.2, 0.25) is 0 Å². The highest BCUT2D eigenvalue weighted by atomic mass is 32.1. The van der Waals surface area contributed by atoms with Crippen LogP contribution in [0.1, 0.15) is 12.0 Å². The largest absolute Gasteiger partial charge is 0.477 e. The third-order valence-corrected chi connectivity index (χ3v) is 6.05. The molecule has 33 heavy (non-hydrogen) atoms. The van der Waals surface area contributed by atoms with Gasteiger partial charge in [-0.2, -0.15) is 13.2 Å². The molecule has 0 saturated carbocycles. The smallest absolute Gasteiger partial charge is 0.419 e. The van der Waals surface area contributed by atoms with E-state index >= 15 is 0 Å². The van der Waals surface area contributed by atoms with E-state index in [0.717, 1.165) is 28.4 Å². The van der Waals surface area contributed by atoms with Crippen molar-refractivity contribution in [1.82, 2.24) is 14.8 Å². The molecule has 0 aliphatic carbocycles. The molecule has 2 unspecified atom stereocenters. The Hall–Kier alpha value is -3.48. The molecule has 2 aromatic rings. The number of nitrogens with zero attached hydrogens (tertiary/aromatic N) is 3. The molecule has 4 rings (SSSR count). The van der Waals surface area contributed by atoms with Gasteiger partial charge in [-0.1, -0.05) is 6.07 Å². The molecule has 174 valence electrons. The van der Waals surface area contributed by atoms with E-state index in [1.54, 1.807) is 0 Å². The molecule has 1 saturated heterocycles. The van der Waals surface area contributed by atoms with Gasteiger partial charge in [0.2, 0.25) is 11.8 Å². The molecule has 1 fully saturated rings. The lowest BCUT2D eigenvalue weighted by Gasteiger charge is -2.37. The van der Waals surface area contributed by atoms with Gasteiger partial charge in [-0.25, -0.2) is 14.2 Å². The maximum Gasteiger partial charge on any atom is 0.419 e. The number of halogens is 4. The first-order chi connectivity index (χ1) is 15.5. The molecule has 1 N–H and O–H groups in total. The average Bonchev–Trinajstić information content (AvgIpc) is 3.37. The van der Waals surface area contributed by atoms with Crippen LogP contribution in [0.5, 0.6) is 0 Å². The quantitative estimate of drug-likeness (QED) is 0.669. The Morgan fingerprint density at radius 3 is 2.67 bits per heavy atom. The van der Waals surface area contributed by atoms with E-state index in [4.69, 9.17) is 4.74 Å². The summed E-state index contributed by atoms with van der Waals surface area (Å²) in [5, 5.41) is 4.15. The highest BCUT2D eigenvalue weighted by molar-refractivity contribution is 7.14. The average molecular weight is 484 g/mol. The summed E-state index contributed by atoms with van der Waals surface area (Å²) in [5.41, 5.74) is -0.683. The van der Waals surface area contributed by atoms with Gasteiger partial charge in [0.05, 0.1) is 23.9 Å². The molecule has 0 bridgehead atoms. The highest BCUT2D eigenvalue weighted by Crippen LogP contribution is 2.36. The van der Waals surface area contributed by atoms with Crippen molar-refractivity contribution in [2.75, 3.05) is 19.4 Å². The van der Waals surface area contributed by atoms with E-state index in [1.165, 1.54) is 30.6 Å². The number of alkyl halides is 3. The summed E-state index contributed by atoms with van der Waals surface area (Å²) < 4.78 is 57.4. The lowest BCUT2D eigenvalue weighted by molar-refractivity contribution is -0.141. The Morgan fingerprint density at radius 1 is 1.27 bits per heavy atom. The summed E-state index contributed by atoms with van der Waals surface area (Å²) in [7, 11) is 2.83. The van der Waals surface area contributed by atoms with Crippen molar-refractivity contribution in [2.24, 2.45) is 5.92 Å². The molecule has 13 heteroatoms. The van der Waals surface area contributed by atoms with Gasteiger partial charge in [0, 0.05) is 25.0 Å². The topological polar surface area (TPSA) is 91.8 Å². The van der Waals surface area contributed by atoms with Crippen molar-refractivity contribution >= 4 is 34.3 Å². The van der Waals surface area contributed by atoms with Gasteiger partial charge in [0.1, 0.15) is 11.7 Å². The molecule has 2 aliphatic rings. The van der Waals surface area contributed by atoms with Crippen LogP contribution in [-0.4, -0.2) is 53.0 Å². The number of imide groups is 1. The second-order valence-electron chi connectivity index (χ2n) is 7.44. The summed E-state index contributed by atoms with van der Waals surface area (Å²) >= 11 is 1.00. The first-order valence-electron chi connectivity index (χ1n) is 9.48. The number of amides is 4. The van der Waals surface area contributed by atoms with Crippen LogP contribution in [-0.2, 0) is 20.5 Å². The van der Waals surface area contributed by atoms with E-state index in [9.17, 15) is 31.9 Å². The van der Waals surface area contributed by atoms with Crippen molar-refractivity contribution in [1.29, 1.82) is 0 Å². The monoisotopic (exact) mass is 484 g/mol. The van der Waals surface area contributed by atoms with E-state index in [0.29, 0.717) is 11.6 Å². The molecular formula is C20H16F4N4O4S. The summed E-state index contributed by atoms with van der Waals surface area (Å²) in [5.74, 6) is -3.24. The number of nitrogens with one attached hydrogen (secondary N) is 1. The van der Waals surface area contributed by atoms with Crippen LogP contribution >= 0.6 is 11.3 Å². The lowest BCUT2D eigenvalue weighted by Crippen LogP contribution is -2.58. The zero-order valence-electron chi connectivity index (χ0n) is 17.1. The molecule has 2 aliphatic heterocycles. The van der Waals surface area contributed by atoms with Crippen molar-refractivity contribution < 1.29 is 36.7 Å². The maximum atomic E-state index is 13.8. The zero-order chi connectivity index (χ0) is 24.1. The number of hydrogen-bond donors (Lipinski definition) is 1. The van der Waals surface area contributed by atoms with Crippen LogP contribution in [0.15, 0.2) is 35.4 Å². The summed E-state index contributed by atoms with van der Waals surface area (Å²) in [6.07, 6.45) is -4.55. The third kappa shape index (κ3) is 4.15. The minimum Gasteiger partial charge on any atom is -0.477 e. The summed E-state index contributed by atoms with van der Waals surface area (Å²) in [6, 6.07) is 1.94. The molecule has 3 heterocycles. The molecule has 2 atom stereocenters. The third-order valence-electron chi connectivity index (χ3n) is 5.30.